The number of sulfone groups is 1. The fourth-order valence-corrected chi connectivity index (χ4v) is 1.93. The van der Waals surface area contributed by atoms with Gasteiger partial charge in [0.15, 0.2) is 9.84 Å². The van der Waals surface area contributed by atoms with Crippen LogP contribution in [0.3, 0.4) is 0 Å². The summed E-state index contributed by atoms with van der Waals surface area (Å²) in [6.45, 7) is 5.41. The van der Waals surface area contributed by atoms with Crippen LogP contribution in [-0.4, -0.2) is 20.0 Å². The lowest BCUT2D eigenvalue weighted by atomic mass is 9.97. The van der Waals surface area contributed by atoms with Crippen LogP contribution in [0.15, 0.2) is 0 Å². The molecule has 0 spiro atoms. The van der Waals surface area contributed by atoms with Gasteiger partial charge in [0.05, 0.1) is 0 Å². The van der Waals surface area contributed by atoms with Gasteiger partial charge in [0.1, 0.15) is 5.37 Å². The van der Waals surface area contributed by atoms with Crippen LogP contribution in [0.25, 0.3) is 0 Å². The second kappa shape index (κ2) is 2.51. The predicted molar refractivity (Wildman–Crippen MR) is 42.3 cm³/mol. The van der Waals surface area contributed by atoms with Gasteiger partial charge in [0, 0.05) is 6.26 Å². The lowest BCUT2D eigenvalue weighted by Gasteiger charge is -2.24. The minimum atomic E-state index is -3.08. The van der Waals surface area contributed by atoms with Gasteiger partial charge in [0.25, 0.3) is 0 Å². The lowest BCUT2D eigenvalue weighted by Crippen LogP contribution is -2.41. The van der Waals surface area contributed by atoms with E-state index >= 15 is 0 Å². The highest BCUT2D eigenvalue weighted by molar-refractivity contribution is 7.91. The summed E-state index contributed by atoms with van der Waals surface area (Å²) in [5.41, 5.74) is 5.07. The van der Waals surface area contributed by atoms with E-state index < -0.39 is 15.2 Å². The van der Waals surface area contributed by atoms with E-state index in [2.05, 4.69) is 0 Å². The Balaban J connectivity index is 4.56. The van der Waals surface area contributed by atoms with Gasteiger partial charge in [-0.15, -0.1) is 0 Å². The van der Waals surface area contributed by atoms with Crippen LogP contribution in [-0.2, 0) is 9.84 Å². The van der Waals surface area contributed by atoms with Crippen LogP contribution < -0.4 is 5.73 Å². The zero-order chi connectivity index (χ0) is 8.58. The van der Waals surface area contributed by atoms with E-state index in [1.165, 1.54) is 0 Å². The standard InChI is InChI=1S/C6H15NO2S/c1-6(2,3)5(7)10(4,8)9/h5H,7H2,1-4H3. The number of rotatable bonds is 1. The van der Waals surface area contributed by atoms with E-state index in [4.69, 9.17) is 5.73 Å². The van der Waals surface area contributed by atoms with Crippen molar-refractivity contribution in [3.8, 4) is 0 Å². The van der Waals surface area contributed by atoms with E-state index in [-0.39, 0.29) is 5.41 Å². The molecule has 1 unspecified atom stereocenters. The van der Waals surface area contributed by atoms with Gasteiger partial charge in [0.2, 0.25) is 0 Å². The van der Waals surface area contributed by atoms with Gasteiger partial charge in [-0.3, -0.25) is 0 Å². The third-order valence-corrected chi connectivity index (χ3v) is 2.94. The molecule has 0 aromatic rings. The first-order chi connectivity index (χ1) is 4.15. The minimum Gasteiger partial charge on any atom is -0.315 e. The first-order valence-electron chi connectivity index (χ1n) is 3.10. The molecule has 10 heavy (non-hydrogen) atoms. The molecule has 0 aromatic carbocycles. The van der Waals surface area contributed by atoms with E-state index in [0.29, 0.717) is 0 Å². The topological polar surface area (TPSA) is 60.2 Å². The molecule has 62 valence electrons. The van der Waals surface area contributed by atoms with Crippen LogP contribution in [0.5, 0.6) is 0 Å². The third-order valence-electron chi connectivity index (χ3n) is 1.31. The SMILES string of the molecule is CC(C)(C)C(N)S(C)(=O)=O. The van der Waals surface area contributed by atoms with Gasteiger partial charge >= 0.3 is 0 Å². The molecular formula is C6H15NO2S. The molecule has 0 amide bonds. The molecule has 3 nitrogen and oxygen atoms in total. The Hall–Kier alpha value is -0.0900. The highest BCUT2D eigenvalue weighted by Crippen LogP contribution is 2.20. The summed E-state index contributed by atoms with van der Waals surface area (Å²) in [5.74, 6) is 0. The quantitative estimate of drug-likeness (QED) is 0.610. The average molecular weight is 165 g/mol. The van der Waals surface area contributed by atoms with Crippen molar-refractivity contribution in [1.82, 2.24) is 0 Å². The third kappa shape index (κ3) is 2.66. The first-order valence-corrected chi connectivity index (χ1v) is 5.05. The van der Waals surface area contributed by atoms with Gasteiger partial charge < -0.3 is 5.73 Å². The second-order valence-electron chi connectivity index (χ2n) is 3.62. The molecule has 2 N–H and O–H groups in total. The zero-order valence-corrected chi connectivity index (χ0v) is 7.70. The van der Waals surface area contributed by atoms with Crippen molar-refractivity contribution in [3.05, 3.63) is 0 Å². The molecule has 0 heterocycles. The maximum atomic E-state index is 10.9. The van der Waals surface area contributed by atoms with Crippen LogP contribution in [0, 0.1) is 5.41 Å². The fourth-order valence-electron chi connectivity index (χ4n) is 0.642. The molecule has 0 saturated heterocycles. The molecular weight excluding hydrogens is 150 g/mol. The van der Waals surface area contributed by atoms with Crippen LogP contribution in [0.1, 0.15) is 20.8 Å². The van der Waals surface area contributed by atoms with Gasteiger partial charge in [-0.1, -0.05) is 20.8 Å². The Morgan fingerprint density at radius 1 is 1.30 bits per heavy atom. The van der Waals surface area contributed by atoms with Crippen molar-refractivity contribution < 1.29 is 8.42 Å². The minimum absolute atomic E-state index is 0.367. The normalized spacial score (nSPS) is 16.9. The summed E-state index contributed by atoms with van der Waals surface area (Å²) in [6, 6.07) is 0. The lowest BCUT2D eigenvalue weighted by molar-refractivity contribution is 0.383. The highest BCUT2D eigenvalue weighted by atomic mass is 32.2. The smallest absolute Gasteiger partial charge is 0.163 e. The van der Waals surface area contributed by atoms with Gasteiger partial charge in [-0.2, -0.15) is 0 Å². The highest BCUT2D eigenvalue weighted by Gasteiger charge is 2.28. The maximum Gasteiger partial charge on any atom is 0.163 e. The zero-order valence-electron chi connectivity index (χ0n) is 6.88. The summed E-state index contributed by atoms with van der Waals surface area (Å²) in [5, 5.41) is -0.764. The van der Waals surface area contributed by atoms with Crippen LogP contribution >= 0.6 is 0 Å². The molecule has 0 radical (unpaired) electrons. The summed E-state index contributed by atoms with van der Waals surface area (Å²) < 4.78 is 21.7. The van der Waals surface area contributed by atoms with Crippen molar-refractivity contribution in [1.29, 1.82) is 0 Å². The molecule has 0 aliphatic rings. The Kier molecular flexibility index (Phi) is 2.49. The fraction of sp³-hybridized carbons (Fsp3) is 1.00. The molecule has 0 saturated carbocycles. The van der Waals surface area contributed by atoms with Crippen LogP contribution in [0.4, 0.5) is 0 Å². The Labute approximate surface area is 62.5 Å². The van der Waals surface area contributed by atoms with Crippen molar-refractivity contribution in [2.45, 2.75) is 26.1 Å². The largest absolute Gasteiger partial charge is 0.315 e. The molecule has 4 heteroatoms. The summed E-state index contributed by atoms with van der Waals surface area (Å²) in [6.07, 6.45) is 1.16. The molecule has 1 atom stereocenters. The Bertz CT molecular complexity index is 200. The van der Waals surface area contributed by atoms with E-state index in [0.717, 1.165) is 6.26 Å². The summed E-state index contributed by atoms with van der Waals surface area (Å²) in [7, 11) is -3.08. The van der Waals surface area contributed by atoms with Gasteiger partial charge in [-0.25, -0.2) is 8.42 Å². The van der Waals surface area contributed by atoms with Gasteiger partial charge in [-0.05, 0) is 5.41 Å². The van der Waals surface area contributed by atoms with Crippen molar-refractivity contribution in [2.75, 3.05) is 6.26 Å². The van der Waals surface area contributed by atoms with E-state index in [9.17, 15) is 8.42 Å². The van der Waals surface area contributed by atoms with Crippen molar-refractivity contribution in [2.24, 2.45) is 11.1 Å². The first kappa shape index (κ1) is 9.91. The van der Waals surface area contributed by atoms with Crippen molar-refractivity contribution >= 4 is 9.84 Å². The number of hydrogen-bond donors (Lipinski definition) is 1. The molecule has 0 aliphatic heterocycles. The number of hydrogen-bond acceptors (Lipinski definition) is 3. The molecule has 0 rings (SSSR count). The van der Waals surface area contributed by atoms with E-state index in [1.54, 1.807) is 20.8 Å². The van der Waals surface area contributed by atoms with Crippen molar-refractivity contribution in [3.63, 3.8) is 0 Å². The average Bonchev–Trinajstić information content (AvgIpc) is 1.59. The molecule has 0 fully saturated rings. The summed E-state index contributed by atoms with van der Waals surface area (Å²) >= 11 is 0. The van der Waals surface area contributed by atoms with Crippen LogP contribution in [0.2, 0.25) is 0 Å². The molecule has 0 aromatic heterocycles. The summed E-state index contributed by atoms with van der Waals surface area (Å²) in [4.78, 5) is 0. The predicted octanol–water partition coefficient (Wildman–Crippen LogP) is 0.362. The molecule has 0 aliphatic carbocycles. The van der Waals surface area contributed by atoms with E-state index in [1.807, 2.05) is 0 Å². The molecule has 0 bridgehead atoms. The maximum absolute atomic E-state index is 10.9. The Morgan fingerprint density at radius 3 is 1.60 bits per heavy atom. The monoisotopic (exact) mass is 165 g/mol. The Morgan fingerprint density at radius 2 is 1.60 bits per heavy atom. The second-order valence-corrected chi connectivity index (χ2v) is 5.78. The number of nitrogens with two attached hydrogens (primary N) is 1.